The van der Waals surface area contributed by atoms with Crippen molar-refractivity contribution in [2.75, 3.05) is 0 Å². The number of carbonyl (C=O) groups is 1. The minimum Gasteiger partial charge on any atom is -0.347 e. The van der Waals surface area contributed by atoms with E-state index in [0.29, 0.717) is 11.7 Å². The van der Waals surface area contributed by atoms with E-state index in [1.54, 1.807) is 0 Å². The van der Waals surface area contributed by atoms with Gasteiger partial charge in [0.25, 0.3) is 0 Å². The van der Waals surface area contributed by atoms with Crippen LogP contribution < -0.4 is 5.32 Å². The van der Waals surface area contributed by atoms with Crippen molar-refractivity contribution in [2.24, 2.45) is 5.92 Å². The summed E-state index contributed by atoms with van der Waals surface area (Å²) in [6.07, 6.45) is 4.26. The number of amides is 1. The number of benzene rings is 1. The summed E-state index contributed by atoms with van der Waals surface area (Å²) in [5.41, 5.74) is 0.876. The van der Waals surface area contributed by atoms with Crippen molar-refractivity contribution in [3.63, 3.8) is 0 Å². The fourth-order valence-electron chi connectivity index (χ4n) is 2.57. The standard InChI is InChI=1S/C15H16BrN3O2/c16-12-7-3-6-11(8-12)14-18-13(21-19-14)9-17-15(20)10-4-1-2-5-10/h3,6-8,10H,1-2,4-5,9H2,(H,17,20). The topological polar surface area (TPSA) is 68.0 Å². The smallest absolute Gasteiger partial charge is 0.246 e. The van der Waals surface area contributed by atoms with Gasteiger partial charge in [-0.05, 0) is 25.0 Å². The Morgan fingerprint density at radius 1 is 1.38 bits per heavy atom. The first-order valence-corrected chi connectivity index (χ1v) is 7.88. The van der Waals surface area contributed by atoms with Crippen LogP contribution in [-0.2, 0) is 11.3 Å². The summed E-state index contributed by atoms with van der Waals surface area (Å²) in [4.78, 5) is 16.2. The lowest BCUT2D eigenvalue weighted by Gasteiger charge is -2.07. The lowest BCUT2D eigenvalue weighted by molar-refractivity contribution is -0.125. The summed E-state index contributed by atoms with van der Waals surface area (Å²) < 4.78 is 6.14. The fourth-order valence-corrected chi connectivity index (χ4v) is 2.97. The van der Waals surface area contributed by atoms with Gasteiger partial charge in [-0.15, -0.1) is 0 Å². The highest BCUT2D eigenvalue weighted by molar-refractivity contribution is 9.10. The largest absolute Gasteiger partial charge is 0.347 e. The molecular weight excluding hydrogens is 334 g/mol. The van der Waals surface area contributed by atoms with Crippen molar-refractivity contribution in [3.05, 3.63) is 34.6 Å². The Hall–Kier alpha value is -1.69. The maximum absolute atomic E-state index is 11.9. The van der Waals surface area contributed by atoms with E-state index in [4.69, 9.17) is 4.52 Å². The zero-order valence-electron chi connectivity index (χ0n) is 11.5. The molecule has 0 atom stereocenters. The molecule has 2 aromatic rings. The average Bonchev–Trinajstić information content (AvgIpc) is 3.16. The van der Waals surface area contributed by atoms with E-state index in [1.807, 2.05) is 24.3 Å². The van der Waals surface area contributed by atoms with Gasteiger partial charge in [0.05, 0.1) is 6.54 Å². The molecule has 0 saturated heterocycles. The summed E-state index contributed by atoms with van der Waals surface area (Å²) in [6.45, 7) is 0.288. The SMILES string of the molecule is O=C(NCc1nc(-c2cccc(Br)c2)no1)C1CCCC1. The van der Waals surface area contributed by atoms with Gasteiger partial charge in [-0.1, -0.05) is 46.1 Å². The molecule has 0 radical (unpaired) electrons. The second-order valence-electron chi connectivity index (χ2n) is 5.22. The zero-order valence-corrected chi connectivity index (χ0v) is 13.1. The van der Waals surface area contributed by atoms with E-state index in [2.05, 4.69) is 31.4 Å². The Morgan fingerprint density at radius 2 is 2.19 bits per heavy atom. The molecule has 1 N–H and O–H groups in total. The molecule has 1 fully saturated rings. The maximum Gasteiger partial charge on any atom is 0.246 e. The summed E-state index contributed by atoms with van der Waals surface area (Å²) >= 11 is 3.41. The summed E-state index contributed by atoms with van der Waals surface area (Å²) in [5.74, 6) is 1.20. The fraction of sp³-hybridized carbons (Fsp3) is 0.400. The van der Waals surface area contributed by atoms with Gasteiger partial charge >= 0.3 is 0 Å². The minimum atomic E-state index is 0.0923. The van der Waals surface area contributed by atoms with Crippen LogP contribution >= 0.6 is 15.9 Å². The molecule has 1 aliphatic carbocycles. The minimum absolute atomic E-state index is 0.0923. The van der Waals surface area contributed by atoms with Gasteiger partial charge in [0.1, 0.15) is 0 Å². The second-order valence-corrected chi connectivity index (χ2v) is 6.14. The number of hydrogen-bond acceptors (Lipinski definition) is 4. The third-order valence-electron chi connectivity index (χ3n) is 3.69. The molecule has 0 bridgehead atoms. The molecule has 6 heteroatoms. The van der Waals surface area contributed by atoms with Crippen LogP contribution in [0.25, 0.3) is 11.4 Å². The molecule has 1 aromatic carbocycles. The van der Waals surface area contributed by atoms with Crippen LogP contribution in [0.5, 0.6) is 0 Å². The van der Waals surface area contributed by atoms with Gasteiger partial charge in [-0.3, -0.25) is 4.79 Å². The zero-order chi connectivity index (χ0) is 14.7. The second kappa shape index (κ2) is 6.39. The molecule has 0 spiro atoms. The maximum atomic E-state index is 11.9. The lowest BCUT2D eigenvalue weighted by atomic mass is 10.1. The molecule has 5 nitrogen and oxygen atoms in total. The third kappa shape index (κ3) is 3.50. The Labute approximate surface area is 131 Å². The Morgan fingerprint density at radius 3 is 2.95 bits per heavy atom. The number of hydrogen-bond donors (Lipinski definition) is 1. The molecule has 1 aliphatic rings. The number of aromatic nitrogens is 2. The molecular formula is C15H16BrN3O2. The van der Waals surface area contributed by atoms with E-state index < -0.39 is 0 Å². The summed E-state index contributed by atoms with van der Waals surface area (Å²) in [5, 5.41) is 6.82. The molecule has 0 aliphatic heterocycles. The van der Waals surface area contributed by atoms with Gasteiger partial charge in [0.15, 0.2) is 0 Å². The van der Waals surface area contributed by atoms with Crippen LogP contribution in [0.4, 0.5) is 0 Å². The van der Waals surface area contributed by atoms with Crippen LogP contribution in [0.2, 0.25) is 0 Å². The Kier molecular flexibility index (Phi) is 4.34. The molecule has 1 amide bonds. The van der Waals surface area contributed by atoms with Crippen LogP contribution in [0.3, 0.4) is 0 Å². The lowest BCUT2D eigenvalue weighted by Crippen LogP contribution is -2.28. The molecule has 1 aromatic heterocycles. The van der Waals surface area contributed by atoms with Crippen molar-refractivity contribution in [3.8, 4) is 11.4 Å². The third-order valence-corrected chi connectivity index (χ3v) is 4.18. The van der Waals surface area contributed by atoms with Crippen molar-refractivity contribution in [1.29, 1.82) is 0 Å². The van der Waals surface area contributed by atoms with Gasteiger partial charge in [0.2, 0.25) is 17.6 Å². The van der Waals surface area contributed by atoms with E-state index in [9.17, 15) is 4.79 Å². The van der Waals surface area contributed by atoms with E-state index in [1.165, 1.54) is 0 Å². The first-order chi connectivity index (χ1) is 10.2. The van der Waals surface area contributed by atoms with Crippen molar-refractivity contribution < 1.29 is 9.32 Å². The van der Waals surface area contributed by atoms with Crippen LogP contribution in [0.1, 0.15) is 31.6 Å². The molecule has 1 saturated carbocycles. The quantitative estimate of drug-likeness (QED) is 0.919. The highest BCUT2D eigenvalue weighted by Crippen LogP contribution is 2.25. The molecule has 1 heterocycles. The van der Waals surface area contributed by atoms with Crippen molar-refractivity contribution in [1.82, 2.24) is 15.5 Å². The van der Waals surface area contributed by atoms with Crippen LogP contribution in [-0.4, -0.2) is 16.0 Å². The predicted octanol–water partition coefficient (Wildman–Crippen LogP) is 3.31. The summed E-state index contributed by atoms with van der Waals surface area (Å²) in [7, 11) is 0. The van der Waals surface area contributed by atoms with Gasteiger partial charge in [0, 0.05) is 16.0 Å². The highest BCUT2D eigenvalue weighted by atomic mass is 79.9. The monoisotopic (exact) mass is 349 g/mol. The van der Waals surface area contributed by atoms with Crippen LogP contribution in [0, 0.1) is 5.92 Å². The normalized spacial score (nSPS) is 15.3. The molecule has 3 rings (SSSR count). The predicted molar refractivity (Wildman–Crippen MR) is 81.2 cm³/mol. The van der Waals surface area contributed by atoms with Crippen molar-refractivity contribution in [2.45, 2.75) is 32.2 Å². The number of nitrogens with zero attached hydrogens (tertiary/aromatic N) is 2. The number of rotatable bonds is 4. The molecule has 0 unspecified atom stereocenters. The molecule has 110 valence electrons. The average molecular weight is 350 g/mol. The van der Waals surface area contributed by atoms with Gasteiger partial charge in [-0.25, -0.2) is 0 Å². The number of nitrogens with one attached hydrogen (secondary N) is 1. The van der Waals surface area contributed by atoms with E-state index >= 15 is 0 Å². The number of halogens is 1. The van der Waals surface area contributed by atoms with Crippen LogP contribution in [0.15, 0.2) is 33.3 Å². The molecule has 21 heavy (non-hydrogen) atoms. The highest BCUT2D eigenvalue weighted by Gasteiger charge is 2.22. The Bertz CT molecular complexity index is 635. The first kappa shape index (κ1) is 14.3. The van der Waals surface area contributed by atoms with Gasteiger partial charge < -0.3 is 9.84 Å². The number of carbonyl (C=O) groups excluding carboxylic acids is 1. The van der Waals surface area contributed by atoms with Crippen molar-refractivity contribution >= 4 is 21.8 Å². The Balaban J connectivity index is 1.61. The van der Waals surface area contributed by atoms with Gasteiger partial charge in [-0.2, -0.15) is 4.98 Å². The van der Waals surface area contributed by atoms with E-state index in [-0.39, 0.29) is 18.4 Å². The summed E-state index contributed by atoms with van der Waals surface area (Å²) in [6, 6.07) is 7.69. The first-order valence-electron chi connectivity index (χ1n) is 7.08. The van der Waals surface area contributed by atoms with E-state index in [0.717, 1.165) is 35.7 Å².